The molecule has 32 heavy (non-hydrogen) atoms. The molecular weight excluding hydrogens is 439 g/mol. The minimum atomic E-state index is -4.53. The molecule has 4 rings (SSSR count). The van der Waals surface area contributed by atoms with Gasteiger partial charge in [0, 0.05) is 11.3 Å². The van der Waals surface area contributed by atoms with Crippen molar-refractivity contribution in [3.63, 3.8) is 0 Å². The second-order valence-electron chi connectivity index (χ2n) is 7.51. The number of hydrogen-bond donors (Lipinski definition) is 2. The highest BCUT2D eigenvalue weighted by Crippen LogP contribution is 2.44. The first-order chi connectivity index (χ1) is 15.2. The fourth-order valence-corrected chi connectivity index (χ4v) is 5.10. The van der Waals surface area contributed by atoms with Crippen molar-refractivity contribution < 1.29 is 18.0 Å². The van der Waals surface area contributed by atoms with Crippen LogP contribution >= 0.6 is 11.3 Å². The van der Waals surface area contributed by atoms with E-state index in [0.717, 1.165) is 21.3 Å². The van der Waals surface area contributed by atoms with Crippen LogP contribution in [0.3, 0.4) is 0 Å². The summed E-state index contributed by atoms with van der Waals surface area (Å²) in [4.78, 5) is 13.9. The minimum Gasteiger partial charge on any atom is -0.363 e. The molecule has 3 heterocycles. The summed E-state index contributed by atoms with van der Waals surface area (Å²) in [5.41, 5.74) is 1.92. The summed E-state index contributed by atoms with van der Waals surface area (Å²) in [5, 5.41) is 19.6. The first-order valence-corrected chi connectivity index (χ1v) is 10.9. The third-order valence-electron chi connectivity index (χ3n) is 5.59. The van der Waals surface area contributed by atoms with Gasteiger partial charge in [0.15, 0.2) is 6.04 Å². The highest BCUT2D eigenvalue weighted by molar-refractivity contribution is 7.16. The zero-order valence-corrected chi connectivity index (χ0v) is 18.1. The number of halogens is 3. The average Bonchev–Trinajstić information content (AvgIpc) is 3.32. The van der Waals surface area contributed by atoms with E-state index in [1.807, 2.05) is 13.8 Å². The molecule has 0 saturated carbocycles. The van der Waals surface area contributed by atoms with E-state index in [4.69, 9.17) is 0 Å². The van der Waals surface area contributed by atoms with E-state index in [-0.39, 0.29) is 17.8 Å². The Bertz CT molecular complexity index is 1190. The van der Waals surface area contributed by atoms with Gasteiger partial charge in [0.2, 0.25) is 0 Å². The Morgan fingerprint density at radius 2 is 2.09 bits per heavy atom. The lowest BCUT2D eigenvalue weighted by Crippen LogP contribution is -2.36. The average molecular weight is 459 g/mol. The fraction of sp³-hybridized carbons (Fsp3) is 0.318. The van der Waals surface area contributed by atoms with Crippen molar-refractivity contribution >= 4 is 28.1 Å². The summed E-state index contributed by atoms with van der Waals surface area (Å²) < 4.78 is 42.3. The maximum atomic E-state index is 13.8. The van der Waals surface area contributed by atoms with Crippen LogP contribution in [-0.2, 0) is 6.42 Å². The Hall–Kier alpha value is -3.32. The van der Waals surface area contributed by atoms with E-state index in [2.05, 4.69) is 21.8 Å². The molecule has 0 saturated heterocycles. The first kappa shape index (κ1) is 21.9. The number of carbonyl (C=O) groups is 1. The van der Waals surface area contributed by atoms with Crippen molar-refractivity contribution in [2.24, 2.45) is 0 Å². The van der Waals surface area contributed by atoms with E-state index in [0.29, 0.717) is 22.5 Å². The Kier molecular flexibility index (Phi) is 5.69. The van der Waals surface area contributed by atoms with E-state index >= 15 is 0 Å². The molecule has 0 radical (unpaired) electrons. The van der Waals surface area contributed by atoms with Crippen LogP contribution in [0.2, 0.25) is 0 Å². The zero-order valence-electron chi connectivity index (χ0n) is 17.3. The van der Waals surface area contributed by atoms with Crippen molar-refractivity contribution in [1.82, 2.24) is 9.78 Å². The van der Waals surface area contributed by atoms with E-state index < -0.39 is 24.2 Å². The van der Waals surface area contributed by atoms with Crippen molar-refractivity contribution in [2.45, 2.75) is 44.9 Å². The molecule has 0 fully saturated rings. The third kappa shape index (κ3) is 3.84. The van der Waals surface area contributed by atoms with Crippen molar-refractivity contribution in [3.8, 4) is 6.07 Å². The predicted octanol–water partition coefficient (Wildman–Crippen LogP) is 5.60. The van der Waals surface area contributed by atoms with Crippen LogP contribution in [-0.4, -0.2) is 21.9 Å². The van der Waals surface area contributed by atoms with Crippen LogP contribution in [0.1, 0.15) is 57.4 Å². The maximum Gasteiger partial charge on any atom is 0.410 e. The van der Waals surface area contributed by atoms with E-state index in [9.17, 15) is 23.2 Å². The summed E-state index contributed by atoms with van der Waals surface area (Å²) in [7, 11) is 0. The number of aromatic nitrogens is 2. The molecule has 0 unspecified atom stereocenters. The fourth-order valence-electron chi connectivity index (χ4n) is 4.01. The van der Waals surface area contributed by atoms with Gasteiger partial charge in [-0.15, -0.1) is 11.3 Å². The van der Waals surface area contributed by atoms with Crippen molar-refractivity contribution in [3.05, 3.63) is 63.7 Å². The highest BCUT2D eigenvalue weighted by atomic mass is 32.1. The number of fused-ring (bicyclic) bond motifs is 1. The number of carbonyl (C=O) groups excluding carboxylic acids is 1. The summed E-state index contributed by atoms with van der Waals surface area (Å²) in [6.45, 7) is 3.78. The molecule has 1 amide bonds. The molecule has 1 aromatic carbocycles. The van der Waals surface area contributed by atoms with Crippen LogP contribution in [0.25, 0.3) is 0 Å². The van der Waals surface area contributed by atoms with Crippen molar-refractivity contribution in [2.75, 3.05) is 10.6 Å². The van der Waals surface area contributed by atoms with Gasteiger partial charge in [-0.1, -0.05) is 37.3 Å². The summed E-state index contributed by atoms with van der Waals surface area (Å²) in [6.07, 6.45) is -3.00. The maximum absolute atomic E-state index is 13.8. The Morgan fingerprint density at radius 1 is 1.38 bits per heavy atom. The van der Waals surface area contributed by atoms with Gasteiger partial charge in [-0.2, -0.15) is 23.5 Å². The summed E-state index contributed by atoms with van der Waals surface area (Å²) in [5.74, 6) is -0.610. The van der Waals surface area contributed by atoms with E-state index in [1.54, 1.807) is 30.3 Å². The molecule has 2 atom stereocenters. The monoisotopic (exact) mass is 459 g/mol. The normalized spacial score (nSPS) is 17.9. The van der Waals surface area contributed by atoms with Gasteiger partial charge in [-0.25, -0.2) is 4.68 Å². The molecule has 1 aliphatic rings. The number of hydrogen-bond acceptors (Lipinski definition) is 5. The molecule has 10 heteroatoms. The quantitative estimate of drug-likeness (QED) is 0.532. The molecular formula is C22H20F3N5OS. The van der Waals surface area contributed by atoms with Crippen molar-refractivity contribution in [1.29, 1.82) is 5.26 Å². The molecule has 0 bridgehead atoms. The number of nitrogens with one attached hydrogen (secondary N) is 2. The van der Waals surface area contributed by atoms with Crippen LogP contribution in [0, 0.1) is 18.3 Å². The predicted molar refractivity (Wildman–Crippen MR) is 116 cm³/mol. The first-order valence-electron chi connectivity index (χ1n) is 10.0. The molecule has 0 spiro atoms. The largest absolute Gasteiger partial charge is 0.410 e. The Labute approximate surface area is 186 Å². The number of rotatable bonds is 4. The summed E-state index contributed by atoms with van der Waals surface area (Å²) >= 11 is 1.27. The Morgan fingerprint density at radius 3 is 2.72 bits per heavy atom. The Balaban J connectivity index is 1.71. The van der Waals surface area contributed by atoms with Gasteiger partial charge < -0.3 is 10.6 Å². The number of benzene rings is 1. The van der Waals surface area contributed by atoms with Gasteiger partial charge in [-0.05, 0) is 24.5 Å². The second-order valence-corrected chi connectivity index (χ2v) is 8.74. The number of amides is 1. The highest BCUT2D eigenvalue weighted by Gasteiger charge is 2.47. The van der Waals surface area contributed by atoms with Gasteiger partial charge >= 0.3 is 6.18 Å². The second kappa shape index (κ2) is 8.31. The molecule has 2 aromatic heterocycles. The van der Waals surface area contributed by atoms with Gasteiger partial charge in [-0.3, -0.25) is 4.79 Å². The molecule has 166 valence electrons. The minimum absolute atomic E-state index is 0.00660. The number of alkyl halides is 3. The van der Waals surface area contributed by atoms with Crippen LogP contribution in [0.5, 0.6) is 0 Å². The number of nitriles is 1. The van der Waals surface area contributed by atoms with E-state index in [1.165, 1.54) is 11.3 Å². The van der Waals surface area contributed by atoms with Gasteiger partial charge in [0.25, 0.3) is 5.91 Å². The smallest absolute Gasteiger partial charge is 0.363 e. The SMILES string of the molecule is CCc1c(C)sc(NC(=O)c2cnn3c2N[C@H](c2ccccc2)C[C@H]3C(F)(F)F)c1C#N. The van der Waals surface area contributed by atoms with Gasteiger partial charge in [0.1, 0.15) is 22.5 Å². The molecule has 2 N–H and O–H groups in total. The molecule has 6 nitrogen and oxygen atoms in total. The number of aryl methyl sites for hydroxylation is 1. The number of anilines is 2. The molecule has 1 aliphatic heterocycles. The zero-order chi connectivity index (χ0) is 23.0. The topological polar surface area (TPSA) is 82.7 Å². The standard InChI is InChI=1S/C22H20F3N5OS/c1-3-14-12(2)32-21(15(14)10-26)29-20(31)16-11-27-30-18(22(23,24)25)9-17(28-19(16)30)13-7-5-4-6-8-13/h4-8,11,17-18,28H,3,9H2,1-2H3,(H,29,31)/t17-,18-/m0/s1. The lowest BCUT2D eigenvalue weighted by atomic mass is 9.96. The molecule has 3 aromatic rings. The third-order valence-corrected chi connectivity index (χ3v) is 6.65. The lowest BCUT2D eigenvalue weighted by Gasteiger charge is -2.34. The van der Waals surface area contributed by atoms with Crippen LogP contribution < -0.4 is 10.6 Å². The molecule has 0 aliphatic carbocycles. The van der Waals surface area contributed by atoms with Crippen LogP contribution in [0.15, 0.2) is 36.5 Å². The lowest BCUT2D eigenvalue weighted by molar-refractivity contribution is -0.173. The summed E-state index contributed by atoms with van der Waals surface area (Å²) in [6, 6.07) is 8.41. The number of thiophene rings is 1. The van der Waals surface area contributed by atoms with Crippen LogP contribution in [0.4, 0.5) is 24.0 Å². The number of nitrogens with zero attached hydrogens (tertiary/aromatic N) is 3. The van der Waals surface area contributed by atoms with Gasteiger partial charge in [0.05, 0.1) is 17.8 Å².